The van der Waals surface area contributed by atoms with Crippen LogP contribution in [0.5, 0.6) is 5.75 Å². The summed E-state index contributed by atoms with van der Waals surface area (Å²) in [5.74, 6) is -0.141. The number of hydrogen-bond acceptors (Lipinski definition) is 3. The van der Waals surface area contributed by atoms with Crippen molar-refractivity contribution in [2.75, 3.05) is 0 Å². The highest BCUT2D eigenvalue weighted by Crippen LogP contribution is 2.17. The fraction of sp³-hybridized carbons (Fsp3) is 0.0400. The second-order valence-corrected chi connectivity index (χ2v) is 6.61. The maximum absolute atomic E-state index is 10.9. The average molecular weight is 381 g/mol. The number of aromatic carboxylic acids is 1. The Hall–Kier alpha value is -3.92. The largest absolute Gasteiger partial charge is 0.487 e. The number of aromatic nitrogens is 1. The summed E-state index contributed by atoms with van der Waals surface area (Å²) < 4.78 is 5.85. The Balaban J connectivity index is 1.37. The second-order valence-electron chi connectivity index (χ2n) is 6.61. The Morgan fingerprint density at radius 3 is 2.17 bits per heavy atom. The van der Waals surface area contributed by atoms with E-state index in [0.717, 1.165) is 33.5 Å². The Labute approximate surface area is 168 Å². The van der Waals surface area contributed by atoms with Crippen molar-refractivity contribution in [3.63, 3.8) is 0 Å². The third kappa shape index (κ3) is 4.68. The van der Waals surface area contributed by atoms with E-state index < -0.39 is 5.97 Å². The van der Waals surface area contributed by atoms with Gasteiger partial charge < -0.3 is 9.84 Å². The molecule has 4 nitrogen and oxygen atoms in total. The lowest BCUT2D eigenvalue weighted by Gasteiger charge is -2.07. The predicted octanol–water partition coefficient (Wildman–Crippen LogP) is 5.68. The van der Waals surface area contributed by atoms with E-state index in [-0.39, 0.29) is 5.56 Å². The Morgan fingerprint density at radius 2 is 1.48 bits per heavy atom. The van der Waals surface area contributed by atoms with Gasteiger partial charge in [0.15, 0.2) is 0 Å². The first-order chi connectivity index (χ1) is 14.2. The summed E-state index contributed by atoms with van der Waals surface area (Å²) in [5, 5.41) is 10.1. The number of rotatable bonds is 6. The molecule has 4 rings (SSSR count). The van der Waals surface area contributed by atoms with Crippen LogP contribution >= 0.6 is 0 Å². The summed E-state index contributed by atoms with van der Waals surface area (Å²) in [7, 11) is 0. The molecule has 4 aromatic rings. The van der Waals surface area contributed by atoms with Gasteiger partial charge in [0, 0.05) is 5.39 Å². The molecule has 0 aliphatic heterocycles. The first kappa shape index (κ1) is 18.4. The fourth-order valence-corrected chi connectivity index (χ4v) is 2.95. The fourth-order valence-electron chi connectivity index (χ4n) is 2.95. The molecule has 0 aliphatic rings. The van der Waals surface area contributed by atoms with Crippen LogP contribution in [0.1, 0.15) is 27.2 Å². The third-order valence-corrected chi connectivity index (χ3v) is 4.55. The number of carbonyl (C=O) groups is 1. The number of pyridine rings is 1. The average Bonchev–Trinajstić information content (AvgIpc) is 2.77. The molecule has 0 amide bonds. The van der Waals surface area contributed by atoms with E-state index in [4.69, 9.17) is 9.84 Å². The smallest absolute Gasteiger partial charge is 0.335 e. The van der Waals surface area contributed by atoms with Crippen LogP contribution in [-0.4, -0.2) is 16.1 Å². The predicted molar refractivity (Wildman–Crippen MR) is 115 cm³/mol. The molecule has 1 aromatic heterocycles. The molecule has 0 unspecified atom stereocenters. The number of ether oxygens (including phenoxy) is 1. The molecule has 29 heavy (non-hydrogen) atoms. The molecule has 0 saturated heterocycles. The van der Waals surface area contributed by atoms with Crippen molar-refractivity contribution in [1.29, 1.82) is 0 Å². The standard InChI is InChI=1S/C25H19NO3/c27-25(28)21-11-7-18(8-12-21)5-6-19-9-15-23(16-10-19)29-17-22-14-13-20-3-1-2-4-24(20)26-22/h1-16H,17H2,(H,27,28)/b6-5+. The first-order valence-electron chi connectivity index (χ1n) is 9.26. The zero-order valence-electron chi connectivity index (χ0n) is 15.7. The molecule has 142 valence electrons. The van der Waals surface area contributed by atoms with Crippen LogP contribution in [0.3, 0.4) is 0 Å². The second kappa shape index (κ2) is 8.40. The molecule has 4 heteroatoms. The lowest BCUT2D eigenvalue weighted by molar-refractivity contribution is 0.0697. The highest BCUT2D eigenvalue weighted by molar-refractivity contribution is 5.88. The molecule has 0 radical (unpaired) electrons. The molecule has 0 fully saturated rings. The summed E-state index contributed by atoms with van der Waals surface area (Å²) in [6.45, 7) is 0.413. The van der Waals surface area contributed by atoms with Gasteiger partial charge in [-0.2, -0.15) is 0 Å². The van der Waals surface area contributed by atoms with E-state index in [9.17, 15) is 4.79 Å². The van der Waals surface area contributed by atoms with Gasteiger partial charge in [0.25, 0.3) is 0 Å². The van der Waals surface area contributed by atoms with Crippen molar-refractivity contribution >= 4 is 29.0 Å². The molecule has 0 spiro atoms. The van der Waals surface area contributed by atoms with E-state index >= 15 is 0 Å². The van der Waals surface area contributed by atoms with E-state index in [0.29, 0.717) is 6.61 Å². The topological polar surface area (TPSA) is 59.4 Å². The van der Waals surface area contributed by atoms with Gasteiger partial charge in [0.1, 0.15) is 12.4 Å². The monoisotopic (exact) mass is 381 g/mol. The minimum Gasteiger partial charge on any atom is -0.487 e. The number of hydrogen-bond donors (Lipinski definition) is 1. The Bertz CT molecular complexity index is 1160. The Kier molecular flexibility index (Phi) is 5.34. The van der Waals surface area contributed by atoms with Crippen molar-refractivity contribution in [3.05, 3.63) is 107 Å². The van der Waals surface area contributed by atoms with E-state index in [1.807, 2.05) is 66.7 Å². The van der Waals surface area contributed by atoms with Crippen LogP contribution in [-0.2, 0) is 6.61 Å². The van der Waals surface area contributed by atoms with Crippen molar-refractivity contribution < 1.29 is 14.6 Å². The van der Waals surface area contributed by atoms with Crippen molar-refractivity contribution in [3.8, 4) is 5.75 Å². The lowest BCUT2D eigenvalue weighted by atomic mass is 10.1. The molecule has 0 saturated carbocycles. The molecule has 1 N–H and O–H groups in total. The van der Waals surface area contributed by atoms with Gasteiger partial charge in [-0.05, 0) is 47.5 Å². The van der Waals surface area contributed by atoms with Crippen LogP contribution in [0.15, 0.2) is 84.9 Å². The van der Waals surface area contributed by atoms with Gasteiger partial charge >= 0.3 is 5.97 Å². The van der Waals surface area contributed by atoms with Crippen molar-refractivity contribution in [1.82, 2.24) is 4.98 Å². The highest BCUT2D eigenvalue weighted by Gasteiger charge is 2.01. The van der Waals surface area contributed by atoms with Crippen LogP contribution in [0.4, 0.5) is 0 Å². The van der Waals surface area contributed by atoms with E-state index in [2.05, 4.69) is 11.1 Å². The van der Waals surface area contributed by atoms with Gasteiger partial charge in [-0.1, -0.05) is 60.7 Å². The van der Waals surface area contributed by atoms with Crippen LogP contribution in [0.25, 0.3) is 23.1 Å². The van der Waals surface area contributed by atoms with Crippen LogP contribution in [0.2, 0.25) is 0 Å². The maximum Gasteiger partial charge on any atom is 0.335 e. The van der Waals surface area contributed by atoms with E-state index in [1.165, 1.54) is 0 Å². The van der Waals surface area contributed by atoms with Gasteiger partial charge in [-0.25, -0.2) is 9.78 Å². The van der Waals surface area contributed by atoms with Crippen molar-refractivity contribution in [2.24, 2.45) is 0 Å². The SMILES string of the molecule is O=C(O)c1ccc(/C=C/c2ccc(OCc3ccc4ccccc4n3)cc2)cc1. The molecule has 0 aliphatic carbocycles. The number of carboxylic acid groups (broad SMARTS) is 1. The maximum atomic E-state index is 10.9. The minimum absolute atomic E-state index is 0.282. The van der Waals surface area contributed by atoms with E-state index in [1.54, 1.807) is 24.3 Å². The van der Waals surface area contributed by atoms with Gasteiger partial charge in [0.2, 0.25) is 0 Å². The van der Waals surface area contributed by atoms with Gasteiger partial charge in [-0.3, -0.25) is 0 Å². The molecular formula is C25H19NO3. The number of para-hydroxylation sites is 1. The third-order valence-electron chi connectivity index (χ3n) is 4.55. The molecule has 0 atom stereocenters. The highest BCUT2D eigenvalue weighted by atomic mass is 16.5. The number of benzene rings is 3. The van der Waals surface area contributed by atoms with Gasteiger partial charge in [0.05, 0.1) is 16.8 Å². The Morgan fingerprint density at radius 1 is 0.828 bits per heavy atom. The molecular weight excluding hydrogens is 362 g/mol. The lowest BCUT2D eigenvalue weighted by Crippen LogP contribution is -1.98. The summed E-state index contributed by atoms with van der Waals surface area (Å²) >= 11 is 0. The van der Waals surface area contributed by atoms with Crippen molar-refractivity contribution in [2.45, 2.75) is 6.61 Å². The number of fused-ring (bicyclic) bond motifs is 1. The minimum atomic E-state index is -0.921. The van der Waals surface area contributed by atoms with Crippen LogP contribution in [0, 0.1) is 0 Å². The summed E-state index contributed by atoms with van der Waals surface area (Å²) in [4.78, 5) is 15.5. The normalized spacial score (nSPS) is 11.0. The first-order valence-corrected chi connectivity index (χ1v) is 9.26. The summed E-state index contributed by atoms with van der Waals surface area (Å²) in [6, 6.07) is 26.6. The van der Waals surface area contributed by atoms with Crippen LogP contribution < -0.4 is 4.74 Å². The molecule has 3 aromatic carbocycles. The number of nitrogens with zero attached hydrogens (tertiary/aromatic N) is 1. The van der Waals surface area contributed by atoms with Gasteiger partial charge in [-0.15, -0.1) is 0 Å². The molecule has 1 heterocycles. The number of carboxylic acids is 1. The molecule has 0 bridgehead atoms. The summed E-state index contributed by atoms with van der Waals surface area (Å²) in [6.07, 6.45) is 3.92. The zero-order chi connectivity index (χ0) is 20.1. The quantitative estimate of drug-likeness (QED) is 0.436. The summed E-state index contributed by atoms with van der Waals surface area (Å²) in [5.41, 5.74) is 4.11. The zero-order valence-corrected chi connectivity index (χ0v) is 15.7.